The van der Waals surface area contributed by atoms with Crippen LogP contribution in [0.5, 0.6) is 0 Å². The van der Waals surface area contributed by atoms with Crippen LogP contribution in [0.1, 0.15) is 26.2 Å². The molecule has 1 aliphatic heterocycles. The van der Waals surface area contributed by atoms with Gasteiger partial charge in [-0.3, -0.25) is 4.90 Å². The van der Waals surface area contributed by atoms with Gasteiger partial charge in [0.1, 0.15) is 21.5 Å². The van der Waals surface area contributed by atoms with Crippen molar-refractivity contribution in [2.75, 3.05) is 12.3 Å². The largest absolute Gasteiger partial charge is 0.465 e. The molecule has 112 valence electrons. The third-order valence-corrected chi connectivity index (χ3v) is 4.76. The Bertz CT molecular complexity index is 717. The lowest BCUT2D eigenvalue weighted by Crippen LogP contribution is -2.54. The van der Waals surface area contributed by atoms with Crippen molar-refractivity contribution in [2.45, 2.75) is 31.8 Å². The van der Waals surface area contributed by atoms with E-state index in [1.165, 1.54) is 11.2 Å². The average Bonchev–Trinajstić information content (AvgIpc) is 2.78. The third kappa shape index (κ3) is 2.10. The fraction of sp³-hybridized carbons (Fsp3) is 0.500. The molecule has 3 N–H and O–H groups in total. The van der Waals surface area contributed by atoms with Crippen molar-refractivity contribution in [3.63, 3.8) is 0 Å². The fourth-order valence-electron chi connectivity index (χ4n) is 2.90. The van der Waals surface area contributed by atoms with Gasteiger partial charge in [-0.2, -0.15) is 5.10 Å². The number of amides is 1. The van der Waals surface area contributed by atoms with Crippen LogP contribution < -0.4 is 5.73 Å². The Morgan fingerprint density at radius 2 is 2.24 bits per heavy atom. The Morgan fingerprint density at radius 3 is 2.95 bits per heavy atom. The lowest BCUT2D eigenvalue weighted by Gasteiger charge is -2.43. The van der Waals surface area contributed by atoms with Gasteiger partial charge in [0, 0.05) is 6.54 Å². The topological polar surface area (TPSA) is 110 Å². The van der Waals surface area contributed by atoms with Gasteiger partial charge in [-0.1, -0.05) is 0 Å². The summed E-state index contributed by atoms with van der Waals surface area (Å²) in [6, 6.07) is 0. The van der Waals surface area contributed by atoms with Gasteiger partial charge >= 0.3 is 6.09 Å². The van der Waals surface area contributed by atoms with Gasteiger partial charge in [0.2, 0.25) is 0 Å². The lowest BCUT2D eigenvalue weighted by molar-refractivity contribution is 0.00249. The fourth-order valence-corrected chi connectivity index (χ4v) is 3.63. The summed E-state index contributed by atoms with van der Waals surface area (Å²) in [7, 11) is 0. The first-order valence-electron chi connectivity index (χ1n) is 6.61. The predicted molar refractivity (Wildman–Crippen MR) is 84.7 cm³/mol. The van der Waals surface area contributed by atoms with Crippen molar-refractivity contribution in [1.82, 2.24) is 24.6 Å². The van der Waals surface area contributed by atoms with Crippen molar-refractivity contribution < 1.29 is 9.90 Å². The first-order chi connectivity index (χ1) is 9.95. The van der Waals surface area contributed by atoms with Gasteiger partial charge in [-0.15, -0.1) is 0 Å². The van der Waals surface area contributed by atoms with E-state index in [4.69, 9.17) is 5.73 Å². The minimum absolute atomic E-state index is 0.358. The second kappa shape index (κ2) is 4.97. The van der Waals surface area contributed by atoms with E-state index >= 15 is 0 Å². The monoisotopic (exact) mass is 402 g/mol. The molecule has 1 saturated heterocycles. The number of fused-ring (bicyclic) bond motifs is 1. The molecule has 1 fully saturated rings. The third-order valence-electron chi connectivity index (χ3n) is 4.00. The Balaban J connectivity index is 2.23. The van der Waals surface area contributed by atoms with E-state index in [1.807, 2.05) is 6.92 Å². The maximum atomic E-state index is 11.6. The molecule has 21 heavy (non-hydrogen) atoms. The molecule has 0 bridgehead atoms. The molecule has 3 heterocycles. The Hall–Kier alpha value is -1.65. The van der Waals surface area contributed by atoms with Crippen molar-refractivity contribution >= 4 is 45.5 Å². The molecule has 3 rings (SSSR count). The van der Waals surface area contributed by atoms with Crippen molar-refractivity contribution in [2.24, 2.45) is 0 Å². The highest BCUT2D eigenvalue weighted by molar-refractivity contribution is 14.1. The summed E-state index contributed by atoms with van der Waals surface area (Å²) in [6.07, 6.45) is 2.92. The highest BCUT2D eigenvalue weighted by atomic mass is 127. The number of piperidine rings is 1. The van der Waals surface area contributed by atoms with Crippen LogP contribution in [-0.2, 0) is 5.66 Å². The minimum atomic E-state index is -0.946. The quantitative estimate of drug-likeness (QED) is 0.705. The SMILES string of the molecule is CC1(n2nc(I)c3c(N)ncnc32)CCCCN1C(=O)O. The van der Waals surface area contributed by atoms with E-state index in [0.29, 0.717) is 33.5 Å². The smallest absolute Gasteiger partial charge is 0.409 e. The standard InChI is InChI=1S/C12H15IN6O2/c1-12(4-2-3-5-18(12)11(20)21)19-10-7(8(13)17-19)9(14)15-6-16-10/h6H,2-5H2,1H3,(H,20,21)(H2,14,15,16). The molecule has 0 aliphatic carbocycles. The van der Waals surface area contributed by atoms with Crippen LogP contribution in [0, 0.1) is 3.70 Å². The summed E-state index contributed by atoms with van der Waals surface area (Å²) in [5, 5.41) is 14.7. The molecule has 2 aromatic heterocycles. The van der Waals surface area contributed by atoms with Crippen LogP contribution >= 0.6 is 22.6 Å². The van der Waals surface area contributed by atoms with Crippen molar-refractivity contribution in [1.29, 1.82) is 0 Å². The zero-order valence-corrected chi connectivity index (χ0v) is 13.6. The Kier molecular flexibility index (Phi) is 3.38. The van der Waals surface area contributed by atoms with Gasteiger partial charge in [-0.25, -0.2) is 19.4 Å². The van der Waals surface area contributed by atoms with Gasteiger partial charge < -0.3 is 10.8 Å². The molecule has 0 saturated carbocycles. The van der Waals surface area contributed by atoms with Crippen molar-refractivity contribution in [3.8, 4) is 0 Å². The maximum Gasteiger partial charge on any atom is 0.409 e. The first-order valence-corrected chi connectivity index (χ1v) is 7.69. The molecule has 8 nitrogen and oxygen atoms in total. The molecule has 9 heteroatoms. The number of carboxylic acid groups (broad SMARTS) is 1. The van der Waals surface area contributed by atoms with E-state index in [9.17, 15) is 9.90 Å². The predicted octanol–water partition coefficient (Wildman–Crippen LogP) is 1.85. The first kappa shape index (κ1) is 14.3. The molecule has 1 aliphatic rings. The minimum Gasteiger partial charge on any atom is -0.465 e. The molecular weight excluding hydrogens is 387 g/mol. The second-order valence-electron chi connectivity index (χ2n) is 5.27. The molecule has 1 unspecified atom stereocenters. The molecule has 0 aromatic carbocycles. The number of halogens is 1. The van der Waals surface area contributed by atoms with Crippen LogP contribution in [0.3, 0.4) is 0 Å². The Morgan fingerprint density at radius 1 is 1.48 bits per heavy atom. The number of rotatable bonds is 1. The highest BCUT2D eigenvalue weighted by Crippen LogP contribution is 2.36. The number of nitrogens with zero attached hydrogens (tertiary/aromatic N) is 5. The number of hydrogen-bond acceptors (Lipinski definition) is 5. The average molecular weight is 402 g/mol. The molecular formula is C12H15IN6O2. The summed E-state index contributed by atoms with van der Waals surface area (Å²) in [5.74, 6) is 0.358. The second-order valence-corrected chi connectivity index (χ2v) is 6.29. The van der Waals surface area contributed by atoms with Crippen LogP contribution in [-0.4, -0.2) is 42.4 Å². The number of likely N-dealkylation sites (tertiary alicyclic amines) is 1. The maximum absolute atomic E-state index is 11.6. The normalized spacial score (nSPS) is 22.7. The van der Waals surface area contributed by atoms with E-state index < -0.39 is 11.8 Å². The van der Waals surface area contributed by atoms with E-state index in [-0.39, 0.29) is 0 Å². The number of nitrogens with two attached hydrogens (primary N) is 1. The van der Waals surface area contributed by atoms with Gasteiger partial charge in [0.05, 0.1) is 5.39 Å². The van der Waals surface area contributed by atoms with Gasteiger partial charge in [0.25, 0.3) is 0 Å². The van der Waals surface area contributed by atoms with Crippen LogP contribution in [0.15, 0.2) is 6.33 Å². The zero-order chi connectivity index (χ0) is 15.2. The number of anilines is 1. The van der Waals surface area contributed by atoms with Gasteiger partial charge in [-0.05, 0) is 48.8 Å². The molecule has 1 atom stereocenters. The summed E-state index contributed by atoms with van der Waals surface area (Å²) in [4.78, 5) is 21.3. The molecule has 1 amide bonds. The summed E-state index contributed by atoms with van der Waals surface area (Å²) >= 11 is 2.07. The van der Waals surface area contributed by atoms with E-state index in [1.54, 1.807) is 4.68 Å². The van der Waals surface area contributed by atoms with Gasteiger partial charge in [0.15, 0.2) is 5.65 Å². The van der Waals surface area contributed by atoms with E-state index in [0.717, 1.165) is 12.8 Å². The number of nitrogen functional groups attached to an aromatic ring is 1. The lowest BCUT2D eigenvalue weighted by atomic mass is 9.97. The molecule has 0 radical (unpaired) electrons. The number of hydrogen-bond donors (Lipinski definition) is 2. The van der Waals surface area contributed by atoms with Crippen LogP contribution in [0.2, 0.25) is 0 Å². The summed E-state index contributed by atoms with van der Waals surface area (Å²) in [6.45, 7) is 2.37. The highest BCUT2D eigenvalue weighted by Gasteiger charge is 2.41. The Labute approximate surface area is 134 Å². The van der Waals surface area contributed by atoms with Crippen LogP contribution in [0.25, 0.3) is 11.0 Å². The summed E-state index contributed by atoms with van der Waals surface area (Å²) in [5.41, 5.74) is 5.71. The number of carbonyl (C=O) groups is 1. The molecule has 2 aromatic rings. The van der Waals surface area contributed by atoms with Crippen molar-refractivity contribution in [3.05, 3.63) is 10.0 Å². The molecule has 0 spiro atoms. The summed E-state index contributed by atoms with van der Waals surface area (Å²) < 4.78 is 2.35. The van der Waals surface area contributed by atoms with E-state index in [2.05, 4.69) is 37.7 Å². The van der Waals surface area contributed by atoms with Crippen LogP contribution in [0.4, 0.5) is 10.6 Å². The number of aromatic nitrogens is 4. The zero-order valence-electron chi connectivity index (χ0n) is 11.5.